The minimum atomic E-state index is -4.47. The van der Waals surface area contributed by atoms with Gasteiger partial charge in [0, 0.05) is 5.56 Å². The Hall–Kier alpha value is -1.52. The van der Waals surface area contributed by atoms with E-state index in [0.717, 1.165) is 18.2 Å². The molecule has 5 heteroatoms. The number of Topliss-reactive ketones (excluding diaryl/α,β-unsaturated/α-hetero) is 1. The fraction of sp³-hybridized carbons (Fsp3) is 0.364. The van der Waals surface area contributed by atoms with Crippen molar-refractivity contribution >= 4 is 5.78 Å². The standard InChI is InChI=1S/C11H11F3O2/c1-3-16-10-6-8(7(2)15)4-5-9(10)11(12,13)14/h4-6H,3H2,1-2H3. The normalized spacial score (nSPS) is 11.3. The van der Waals surface area contributed by atoms with Crippen LogP contribution in [0.1, 0.15) is 29.8 Å². The molecule has 16 heavy (non-hydrogen) atoms. The lowest BCUT2D eigenvalue weighted by atomic mass is 10.1. The van der Waals surface area contributed by atoms with Gasteiger partial charge in [-0.25, -0.2) is 0 Å². The zero-order valence-corrected chi connectivity index (χ0v) is 8.89. The smallest absolute Gasteiger partial charge is 0.419 e. The van der Waals surface area contributed by atoms with Crippen molar-refractivity contribution in [2.24, 2.45) is 0 Å². The first-order valence-corrected chi connectivity index (χ1v) is 4.71. The largest absolute Gasteiger partial charge is 0.493 e. The molecule has 0 bridgehead atoms. The Morgan fingerprint density at radius 3 is 2.44 bits per heavy atom. The van der Waals surface area contributed by atoms with Crippen LogP contribution in [0, 0.1) is 0 Å². The first-order valence-electron chi connectivity index (χ1n) is 4.71. The molecule has 0 fully saturated rings. The number of carbonyl (C=O) groups excluding carboxylic acids is 1. The molecule has 1 rings (SSSR count). The highest BCUT2D eigenvalue weighted by Gasteiger charge is 2.34. The Kier molecular flexibility index (Phi) is 3.57. The third-order valence-corrected chi connectivity index (χ3v) is 1.99. The van der Waals surface area contributed by atoms with E-state index in [1.165, 1.54) is 6.92 Å². The molecule has 0 aliphatic rings. The Labute approximate surface area is 91.0 Å². The number of ketones is 1. The van der Waals surface area contributed by atoms with Crippen LogP contribution in [0.3, 0.4) is 0 Å². The predicted molar refractivity (Wildman–Crippen MR) is 52.6 cm³/mol. The van der Waals surface area contributed by atoms with Crippen molar-refractivity contribution in [1.29, 1.82) is 0 Å². The maximum Gasteiger partial charge on any atom is 0.419 e. The average molecular weight is 232 g/mol. The van der Waals surface area contributed by atoms with E-state index in [4.69, 9.17) is 4.74 Å². The fourth-order valence-electron chi connectivity index (χ4n) is 1.25. The quantitative estimate of drug-likeness (QED) is 0.747. The second kappa shape index (κ2) is 4.55. The molecule has 0 aliphatic heterocycles. The monoisotopic (exact) mass is 232 g/mol. The number of benzene rings is 1. The van der Waals surface area contributed by atoms with Gasteiger partial charge < -0.3 is 4.74 Å². The molecule has 0 saturated heterocycles. The van der Waals surface area contributed by atoms with Gasteiger partial charge in [-0.05, 0) is 26.0 Å². The van der Waals surface area contributed by atoms with Crippen LogP contribution in [-0.4, -0.2) is 12.4 Å². The second-order valence-electron chi connectivity index (χ2n) is 3.20. The maximum atomic E-state index is 12.5. The number of carbonyl (C=O) groups is 1. The van der Waals surface area contributed by atoms with Gasteiger partial charge in [-0.15, -0.1) is 0 Å². The summed E-state index contributed by atoms with van der Waals surface area (Å²) in [6.07, 6.45) is -4.47. The van der Waals surface area contributed by atoms with Gasteiger partial charge in [-0.2, -0.15) is 13.2 Å². The van der Waals surface area contributed by atoms with Gasteiger partial charge in [0.1, 0.15) is 5.75 Å². The van der Waals surface area contributed by atoms with E-state index in [2.05, 4.69) is 0 Å². The van der Waals surface area contributed by atoms with Gasteiger partial charge >= 0.3 is 6.18 Å². The zero-order chi connectivity index (χ0) is 12.3. The van der Waals surface area contributed by atoms with Gasteiger partial charge in [0.05, 0.1) is 12.2 Å². The van der Waals surface area contributed by atoms with Crippen molar-refractivity contribution in [1.82, 2.24) is 0 Å². The second-order valence-corrected chi connectivity index (χ2v) is 3.20. The molecule has 0 aromatic heterocycles. The molecule has 2 nitrogen and oxygen atoms in total. The Bertz CT molecular complexity index is 397. The van der Waals surface area contributed by atoms with E-state index in [1.54, 1.807) is 6.92 Å². The Morgan fingerprint density at radius 1 is 1.38 bits per heavy atom. The number of halogens is 3. The summed E-state index contributed by atoms with van der Waals surface area (Å²) in [5.74, 6) is -0.600. The minimum Gasteiger partial charge on any atom is -0.493 e. The molecule has 0 unspecified atom stereocenters. The predicted octanol–water partition coefficient (Wildman–Crippen LogP) is 3.31. The molecule has 0 amide bonds. The fourth-order valence-corrected chi connectivity index (χ4v) is 1.25. The van der Waals surface area contributed by atoms with E-state index in [9.17, 15) is 18.0 Å². The van der Waals surface area contributed by atoms with Crippen molar-refractivity contribution < 1.29 is 22.7 Å². The number of alkyl halides is 3. The summed E-state index contributed by atoms with van der Waals surface area (Å²) < 4.78 is 42.5. The van der Waals surface area contributed by atoms with Crippen LogP contribution in [0.2, 0.25) is 0 Å². The van der Waals surface area contributed by atoms with Crippen molar-refractivity contribution in [2.75, 3.05) is 6.61 Å². The molecule has 0 spiro atoms. The molecule has 1 aromatic carbocycles. The molecule has 0 N–H and O–H groups in total. The van der Waals surface area contributed by atoms with Gasteiger partial charge in [0.25, 0.3) is 0 Å². The summed E-state index contributed by atoms with van der Waals surface area (Å²) in [5, 5.41) is 0. The topological polar surface area (TPSA) is 26.3 Å². The third kappa shape index (κ3) is 2.74. The number of hydrogen-bond donors (Lipinski definition) is 0. The summed E-state index contributed by atoms with van der Waals surface area (Å²) in [7, 11) is 0. The van der Waals surface area contributed by atoms with E-state index in [1.807, 2.05) is 0 Å². The molecule has 0 saturated carbocycles. The molecule has 0 radical (unpaired) electrons. The lowest BCUT2D eigenvalue weighted by Crippen LogP contribution is -2.09. The maximum absolute atomic E-state index is 12.5. The number of hydrogen-bond acceptors (Lipinski definition) is 2. The highest BCUT2D eigenvalue weighted by molar-refractivity contribution is 5.94. The van der Waals surface area contributed by atoms with E-state index in [0.29, 0.717) is 0 Å². The van der Waals surface area contributed by atoms with Gasteiger partial charge in [-0.1, -0.05) is 6.07 Å². The molecular formula is C11H11F3O2. The Morgan fingerprint density at radius 2 is 2.00 bits per heavy atom. The van der Waals surface area contributed by atoms with Crippen LogP contribution in [0.15, 0.2) is 18.2 Å². The van der Waals surface area contributed by atoms with Gasteiger partial charge in [-0.3, -0.25) is 4.79 Å². The zero-order valence-electron chi connectivity index (χ0n) is 8.89. The highest BCUT2D eigenvalue weighted by Crippen LogP contribution is 2.36. The molecule has 0 aliphatic carbocycles. The van der Waals surface area contributed by atoms with Gasteiger partial charge in [0.2, 0.25) is 0 Å². The Balaban J connectivity index is 3.24. The summed E-state index contributed by atoms with van der Waals surface area (Å²) in [4.78, 5) is 11.0. The lowest BCUT2D eigenvalue weighted by Gasteiger charge is -2.13. The third-order valence-electron chi connectivity index (χ3n) is 1.99. The summed E-state index contributed by atoms with van der Waals surface area (Å²) in [6.45, 7) is 2.99. The van der Waals surface area contributed by atoms with E-state index < -0.39 is 11.7 Å². The van der Waals surface area contributed by atoms with Crippen LogP contribution in [0.5, 0.6) is 5.75 Å². The minimum absolute atomic E-state index is 0.116. The first kappa shape index (κ1) is 12.5. The van der Waals surface area contributed by atoms with E-state index >= 15 is 0 Å². The van der Waals surface area contributed by atoms with Crippen LogP contribution in [-0.2, 0) is 6.18 Å². The summed E-state index contributed by atoms with van der Waals surface area (Å²) in [6, 6.07) is 3.13. The van der Waals surface area contributed by atoms with Crippen molar-refractivity contribution in [2.45, 2.75) is 20.0 Å². The average Bonchev–Trinajstić information content (AvgIpc) is 2.16. The highest BCUT2D eigenvalue weighted by atomic mass is 19.4. The molecule has 0 heterocycles. The first-order chi connectivity index (χ1) is 7.36. The van der Waals surface area contributed by atoms with Crippen LogP contribution >= 0.6 is 0 Å². The number of ether oxygens (including phenoxy) is 1. The lowest BCUT2D eigenvalue weighted by molar-refractivity contribution is -0.138. The van der Waals surface area contributed by atoms with Crippen molar-refractivity contribution in [3.63, 3.8) is 0 Å². The summed E-state index contributed by atoms with van der Waals surface area (Å²) in [5.41, 5.74) is -0.657. The molecule has 0 atom stereocenters. The van der Waals surface area contributed by atoms with E-state index in [-0.39, 0.29) is 23.7 Å². The molecular weight excluding hydrogens is 221 g/mol. The SMILES string of the molecule is CCOc1cc(C(C)=O)ccc1C(F)(F)F. The van der Waals surface area contributed by atoms with Gasteiger partial charge in [0.15, 0.2) is 5.78 Å². The summed E-state index contributed by atoms with van der Waals surface area (Å²) >= 11 is 0. The van der Waals surface area contributed by atoms with Crippen molar-refractivity contribution in [3.05, 3.63) is 29.3 Å². The number of rotatable bonds is 3. The molecule has 1 aromatic rings. The van der Waals surface area contributed by atoms with Crippen LogP contribution in [0.4, 0.5) is 13.2 Å². The van der Waals surface area contributed by atoms with Crippen molar-refractivity contribution in [3.8, 4) is 5.75 Å². The molecule has 88 valence electrons. The van der Waals surface area contributed by atoms with Crippen LogP contribution in [0.25, 0.3) is 0 Å². The van der Waals surface area contributed by atoms with Crippen LogP contribution < -0.4 is 4.74 Å².